The maximum atomic E-state index is 11.9. The highest BCUT2D eigenvalue weighted by Gasteiger charge is 2.09. The maximum Gasteiger partial charge on any atom is 0.272 e. The molecule has 0 bridgehead atoms. The summed E-state index contributed by atoms with van der Waals surface area (Å²) >= 11 is 0. The van der Waals surface area contributed by atoms with Crippen molar-refractivity contribution in [3.63, 3.8) is 0 Å². The Morgan fingerprint density at radius 3 is 2.61 bits per heavy atom. The summed E-state index contributed by atoms with van der Waals surface area (Å²) in [4.78, 5) is 10.7. The topological polar surface area (TPSA) is 67.9 Å². The maximum absolute atomic E-state index is 11.9. The number of alkyl halides is 2. The zero-order valence-corrected chi connectivity index (χ0v) is 9.14. The van der Waals surface area contributed by atoms with Crippen molar-refractivity contribution in [2.45, 2.75) is 6.43 Å². The summed E-state index contributed by atoms with van der Waals surface area (Å²) in [5.74, 6) is 0.329. The first-order chi connectivity index (χ1) is 8.70. The third-order valence-corrected chi connectivity index (χ3v) is 2.19. The van der Waals surface area contributed by atoms with E-state index in [1.165, 1.54) is 12.1 Å². The Kier molecular flexibility index (Phi) is 3.61. The molecule has 0 aliphatic heterocycles. The molecule has 1 N–H and O–H groups in total. The van der Waals surface area contributed by atoms with Crippen molar-refractivity contribution in [1.82, 2.24) is 15.4 Å². The molecule has 0 spiro atoms. The molecule has 1 heterocycles. The van der Waals surface area contributed by atoms with Gasteiger partial charge in [0.15, 0.2) is 12.0 Å². The Labute approximate surface area is 101 Å². The van der Waals surface area contributed by atoms with Gasteiger partial charge >= 0.3 is 0 Å². The van der Waals surface area contributed by atoms with Crippen LogP contribution in [0, 0.1) is 0 Å². The molecule has 2 aromatic rings. The van der Waals surface area contributed by atoms with E-state index in [1.54, 1.807) is 12.1 Å². The Morgan fingerprint density at radius 1 is 1.28 bits per heavy atom. The first-order valence-corrected chi connectivity index (χ1v) is 5.08. The first kappa shape index (κ1) is 12.2. The molecular formula is C11H9F2N3O2. The quantitative estimate of drug-likeness (QED) is 0.827. The molecule has 2 rings (SSSR count). The zero-order chi connectivity index (χ0) is 13.0. The molecule has 0 aliphatic carbocycles. The Balaban J connectivity index is 2.15. The van der Waals surface area contributed by atoms with Crippen LogP contribution in [0.5, 0.6) is 5.75 Å². The molecule has 7 heteroatoms. The van der Waals surface area contributed by atoms with Crippen LogP contribution < -0.4 is 4.74 Å². The van der Waals surface area contributed by atoms with E-state index in [0.717, 1.165) is 0 Å². The second-order valence-corrected chi connectivity index (χ2v) is 3.40. The molecule has 1 aromatic carbocycles. The van der Waals surface area contributed by atoms with E-state index in [2.05, 4.69) is 15.4 Å². The molecule has 18 heavy (non-hydrogen) atoms. The molecule has 94 valence electrons. The fourth-order valence-electron chi connectivity index (χ4n) is 1.40. The lowest BCUT2D eigenvalue weighted by molar-refractivity contribution is 0.0819. The highest BCUT2D eigenvalue weighted by Crippen LogP contribution is 2.22. The van der Waals surface area contributed by atoms with Gasteiger partial charge in [-0.15, -0.1) is 0 Å². The number of aldehydes is 1. The van der Waals surface area contributed by atoms with E-state index in [-0.39, 0.29) is 5.69 Å². The summed E-state index contributed by atoms with van der Waals surface area (Å²) in [7, 11) is 0. The van der Waals surface area contributed by atoms with Crippen LogP contribution in [0.3, 0.4) is 0 Å². The Morgan fingerprint density at radius 2 is 2.00 bits per heavy atom. The fraction of sp³-hybridized carbons (Fsp3) is 0.182. The van der Waals surface area contributed by atoms with Gasteiger partial charge in [0.1, 0.15) is 18.1 Å². The van der Waals surface area contributed by atoms with Crippen LogP contribution in [-0.4, -0.2) is 34.7 Å². The highest BCUT2D eigenvalue weighted by molar-refractivity contribution is 5.82. The molecule has 5 nitrogen and oxygen atoms in total. The number of nitrogens with one attached hydrogen (secondary N) is 1. The number of hydrogen-bond donors (Lipinski definition) is 1. The van der Waals surface area contributed by atoms with Crippen molar-refractivity contribution in [3.8, 4) is 17.0 Å². The van der Waals surface area contributed by atoms with Crippen LogP contribution in [0.15, 0.2) is 24.3 Å². The van der Waals surface area contributed by atoms with Crippen LogP contribution in [0.4, 0.5) is 8.78 Å². The number of H-pyrrole nitrogens is 1. The minimum atomic E-state index is -2.51. The summed E-state index contributed by atoms with van der Waals surface area (Å²) in [5, 5.41) is 9.83. The van der Waals surface area contributed by atoms with Gasteiger partial charge in [0.25, 0.3) is 6.43 Å². The second-order valence-electron chi connectivity index (χ2n) is 3.40. The van der Waals surface area contributed by atoms with Gasteiger partial charge in [-0.05, 0) is 24.3 Å². The number of hydrogen-bond acceptors (Lipinski definition) is 4. The summed E-state index contributed by atoms with van der Waals surface area (Å²) < 4.78 is 28.7. The van der Waals surface area contributed by atoms with E-state index in [0.29, 0.717) is 23.3 Å². The van der Waals surface area contributed by atoms with E-state index < -0.39 is 13.0 Å². The number of ether oxygens (including phenoxy) is 1. The van der Waals surface area contributed by atoms with Crippen LogP contribution in [0.2, 0.25) is 0 Å². The normalized spacial score (nSPS) is 10.6. The monoisotopic (exact) mass is 253 g/mol. The van der Waals surface area contributed by atoms with E-state index in [4.69, 9.17) is 4.74 Å². The molecule has 0 fully saturated rings. The van der Waals surface area contributed by atoms with Crippen LogP contribution in [-0.2, 0) is 0 Å². The molecular weight excluding hydrogens is 244 g/mol. The number of nitrogens with zero attached hydrogens (tertiary/aromatic N) is 2. The summed E-state index contributed by atoms with van der Waals surface area (Å²) in [5.41, 5.74) is 1.25. The molecule has 0 unspecified atom stereocenters. The van der Waals surface area contributed by atoms with Crippen molar-refractivity contribution in [1.29, 1.82) is 0 Å². The first-order valence-electron chi connectivity index (χ1n) is 5.08. The fourth-order valence-corrected chi connectivity index (χ4v) is 1.40. The van der Waals surface area contributed by atoms with Gasteiger partial charge in [-0.3, -0.25) is 4.79 Å². The third-order valence-electron chi connectivity index (χ3n) is 2.19. The predicted molar refractivity (Wildman–Crippen MR) is 58.7 cm³/mol. The van der Waals surface area contributed by atoms with E-state index in [9.17, 15) is 13.6 Å². The smallest absolute Gasteiger partial charge is 0.272 e. The molecule has 1 aromatic heterocycles. The lowest BCUT2D eigenvalue weighted by Crippen LogP contribution is -2.06. The largest absolute Gasteiger partial charge is 0.488 e. The van der Waals surface area contributed by atoms with Gasteiger partial charge in [-0.2, -0.15) is 15.4 Å². The number of halogens is 2. The number of carbonyl (C=O) groups excluding carboxylic acids is 1. The Bertz CT molecular complexity index is 525. The van der Waals surface area contributed by atoms with Crippen molar-refractivity contribution in [2.24, 2.45) is 0 Å². The summed E-state index contributed by atoms with van der Waals surface area (Å²) in [6.07, 6.45) is -1.93. The van der Waals surface area contributed by atoms with Gasteiger partial charge in [0.2, 0.25) is 0 Å². The van der Waals surface area contributed by atoms with Crippen molar-refractivity contribution >= 4 is 6.29 Å². The molecule has 0 atom stereocenters. The van der Waals surface area contributed by atoms with Crippen LogP contribution in [0.1, 0.15) is 10.5 Å². The highest BCUT2D eigenvalue weighted by atomic mass is 19.3. The van der Waals surface area contributed by atoms with Gasteiger partial charge in [-0.1, -0.05) is 0 Å². The Hall–Kier alpha value is -2.31. The van der Waals surface area contributed by atoms with E-state index >= 15 is 0 Å². The molecule has 0 saturated heterocycles. The van der Waals surface area contributed by atoms with Gasteiger partial charge in [0.05, 0.1) is 0 Å². The van der Waals surface area contributed by atoms with Gasteiger partial charge in [-0.25, -0.2) is 8.78 Å². The summed E-state index contributed by atoms with van der Waals surface area (Å²) in [6.45, 7) is -0.650. The molecule has 0 saturated carbocycles. The van der Waals surface area contributed by atoms with Crippen LogP contribution >= 0.6 is 0 Å². The minimum absolute atomic E-state index is 0.191. The minimum Gasteiger partial charge on any atom is -0.488 e. The van der Waals surface area contributed by atoms with Crippen molar-refractivity contribution in [2.75, 3.05) is 6.61 Å². The predicted octanol–water partition coefficient (Wildman–Crippen LogP) is 1.93. The number of aromatic nitrogens is 3. The number of rotatable bonds is 5. The molecule has 0 amide bonds. The number of carbonyl (C=O) groups is 1. The standard InChI is InChI=1S/C11H9F2N3O2/c12-10(13)6-18-8-3-1-7(2-4-8)11-9(5-17)14-16-15-11/h1-5,10H,6H2,(H,14,15,16). The third kappa shape index (κ3) is 2.68. The zero-order valence-electron chi connectivity index (χ0n) is 9.14. The molecule has 0 radical (unpaired) electrons. The number of benzene rings is 1. The molecule has 0 aliphatic rings. The lowest BCUT2D eigenvalue weighted by atomic mass is 10.1. The average Bonchev–Trinajstić information content (AvgIpc) is 2.85. The SMILES string of the molecule is O=Cc1n[nH]nc1-c1ccc(OCC(F)F)cc1. The average molecular weight is 253 g/mol. The number of aromatic amines is 1. The van der Waals surface area contributed by atoms with Gasteiger partial charge < -0.3 is 4.74 Å². The lowest BCUT2D eigenvalue weighted by Gasteiger charge is -2.05. The van der Waals surface area contributed by atoms with E-state index in [1.807, 2.05) is 0 Å². The van der Waals surface area contributed by atoms with Gasteiger partial charge in [0, 0.05) is 5.56 Å². The second kappa shape index (κ2) is 5.35. The van der Waals surface area contributed by atoms with Crippen LogP contribution in [0.25, 0.3) is 11.3 Å². The summed E-state index contributed by atoms with van der Waals surface area (Å²) in [6, 6.07) is 6.29. The van der Waals surface area contributed by atoms with Crippen molar-refractivity contribution < 1.29 is 18.3 Å². The van der Waals surface area contributed by atoms with Crippen molar-refractivity contribution in [3.05, 3.63) is 30.0 Å².